The Hall–Kier alpha value is -3.09. The molecule has 0 radical (unpaired) electrons. The molecule has 0 saturated carbocycles. The number of nitrogens with zero attached hydrogens (tertiary/aromatic N) is 1. The van der Waals surface area contributed by atoms with Gasteiger partial charge in [0.25, 0.3) is 5.91 Å². The molecule has 1 atom stereocenters. The van der Waals surface area contributed by atoms with Crippen LogP contribution in [0.2, 0.25) is 0 Å². The maximum Gasteiger partial charge on any atom is 0.294 e. The Labute approximate surface area is 153 Å². The first-order chi connectivity index (χ1) is 12.7. The number of hydrogen-bond donors (Lipinski definition) is 1. The number of ketones is 1. The van der Waals surface area contributed by atoms with E-state index in [2.05, 4.69) is 0 Å². The fourth-order valence-electron chi connectivity index (χ4n) is 3.03. The largest absolute Gasteiger partial charge is 0.503 e. The van der Waals surface area contributed by atoms with Crippen LogP contribution in [0, 0.1) is 23.4 Å². The highest BCUT2D eigenvalue weighted by molar-refractivity contribution is 6.16. The molecule has 0 aliphatic carbocycles. The van der Waals surface area contributed by atoms with E-state index >= 15 is 0 Å². The molecule has 27 heavy (non-hydrogen) atoms. The van der Waals surface area contributed by atoms with Crippen molar-refractivity contribution in [2.75, 3.05) is 4.90 Å². The van der Waals surface area contributed by atoms with Crippen LogP contribution in [0.25, 0.3) is 0 Å². The van der Waals surface area contributed by atoms with Gasteiger partial charge in [-0.1, -0.05) is 26.0 Å². The zero-order chi connectivity index (χ0) is 19.9. The first-order valence-corrected chi connectivity index (χ1v) is 8.23. The van der Waals surface area contributed by atoms with Crippen molar-refractivity contribution in [3.8, 4) is 0 Å². The molecular weight excluding hydrogens is 359 g/mol. The molecule has 0 fully saturated rings. The maximum atomic E-state index is 13.7. The zero-order valence-electron chi connectivity index (χ0n) is 14.5. The fourth-order valence-corrected chi connectivity index (χ4v) is 3.03. The lowest BCUT2D eigenvalue weighted by Crippen LogP contribution is -2.31. The highest BCUT2D eigenvalue weighted by atomic mass is 19.2. The van der Waals surface area contributed by atoms with E-state index in [0.717, 1.165) is 29.2 Å². The first-order valence-electron chi connectivity index (χ1n) is 8.23. The lowest BCUT2D eigenvalue weighted by Gasteiger charge is -2.27. The molecule has 2 aromatic rings. The Morgan fingerprint density at radius 3 is 2.22 bits per heavy atom. The van der Waals surface area contributed by atoms with Gasteiger partial charge in [-0.3, -0.25) is 14.5 Å². The molecule has 2 aromatic carbocycles. The molecule has 140 valence electrons. The normalized spacial score (nSPS) is 17.2. The molecule has 0 saturated heterocycles. The predicted octanol–water partition coefficient (Wildman–Crippen LogP) is 4.23. The summed E-state index contributed by atoms with van der Waals surface area (Å²) in [6, 6.07) is 6.77. The lowest BCUT2D eigenvalue weighted by molar-refractivity contribution is -0.119. The van der Waals surface area contributed by atoms with Crippen LogP contribution in [-0.2, 0) is 9.59 Å². The summed E-state index contributed by atoms with van der Waals surface area (Å²) in [5, 5.41) is 10.3. The van der Waals surface area contributed by atoms with E-state index in [1.165, 1.54) is 18.2 Å². The molecule has 4 nitrogen and oxygen atoms in total. The minimum absolute atomic E-state index is 0.0358. The number of aliphatic hydroxyl groups is 1. The number of aliphatic hydroxyl groups excluding tert-OH is 1. The molecular formula is C20H16F3NO3. The molecule has 1 N–H and O–H groups in total. The predicted molar refractivity (Wildman–Crippen MR) is 92.5 cm³/mol. The zero-order valence-corrected chi connectivity index (χ0v) is 14.5. The third-order valence-electron chi connectivity index (χ3n) is 4.37. The quantitative estimate of drug-likeness (QED) is 0.870. The van der Waals surface area contributed by atoms with E-state index < -0.39 is 46.9 Å². The van der Waals surface area contributed by atoms with Crippen molar-refractivity contribution in [1.29, 1.82) is 0 Å². The van der Waals surface area contributed by atoms with Crippen molar-refractivity contribution in [3.63, 3.8) is 0 Å². The van der Waals surface area contributed by atoms with Gasteiger partial charge in [0.05, 0.1) is 11.6 Å². The summed E-state index contributed by atoms with van der Waals surface area (Å²) in [5.74, 6) is -5.47. The summed E-state index contributed by atoms with van der Waals surface area (Å²) in [6.45, 7) is 3.21. The van der Waals surface area contributed by atoms with Gasteiger partial charge in [-0.05, 0) is 29.8 Å². The Morgan fingerprint density at radius 2 is 1.67 bits per heavy atom. The van der Waals surface area contributed by atoms with Crippen molar-refractivity contribution in [1.82, 2.24) is 0 Å². The van der Waals surface area contributed by atoms with E-state index in [9.17, 15) is 27.9 Å². The van der Waals surface area contributed by atoms with Gasteiger partial charge in [0, 0.05) is 17.7 Å². The number of rotatable bonds is 4. The molecule has 1 heterocycles. The third-order valence-corrected chi connectivity index (χ3v) is 4.37. The number of halogens is 3. The number of carbonyl (C=O) groups is 2. The Balaban J connectivity index is 2.20. The smallest absolute Gasteiger partial charge is 0.294 e. The monoisotopic (exact) mass is 375 g/mol. The van der Waals surface area contributed by atoms with Gasteiger partial charge in [-0.15, -0.1) is 0 Å². The van der Waals surface area contributed by atoms with Crippen LogP contribution in [0.1, 0.15) is 25.5 Å². The van der Waals surface area contributed by atoms with Crippen molar-refractivity contribution < 1.29 is 27.9 Å². The summed E-state index contributed by atoms with van der Waals surface area (Å²) < 4.78 is 40.3. The summed E-state index contributed by atoms with van der Waals surface area (Å²) in [7, 11) is 0. The van der Waals surface area contributed by atoms with Gasteiger partial charge in [0.1, 0.15) is 5.82 Å². The molecule has 0 aromatic heterocycles. The fraction of sp³-hybridized carbons (Fsp3) is 0.200. The Kier molecular flexibility index (Phi) is 4.78. The molecule has 3 rings (SSSR count). The van der Waals surface area contributed by atoms with Crippen LogP contribution in [-0.4, -0.2) is 16.8 Å². The van der Waals surface area contributed by atoms with E-state index in [0.29, 0.717) is 5.56 Å². The highest BCUT2D eigenvalue weighted by Crippen LogP contribution is 2.42. The lowest BCUT2D eigenvalue weighted by atomic mass is 9.91. The van der Waals surface area contributed by atoms with Crippen LogP contribution in [0.4, 0.5) is 18.9 Å². The summed E-state index contributed by atoms with van der Waals surface area (Å²) in [6.07, 6.45) is 0. The SMILES string of the molecule is CC(C)C(=O)C1=C(O)C(=O)N(c2ccc(F)c(F)c2)C1c1ccc(F)cc1. The van der Waals surface area contributed by atoms with Gasteiger partial charge < -0.3 is 5.11 Å². The van der Waals surface area contributed by atoms with Gasteiger partial charge >= 0.3 is 0 Å². The number of carbonyl (C=O) groups excluding carboxylic acids is 2. The molecule has 1 amide bonds. The van der Waals surface area contributed by atoms with Crippen molar-refractivity contribution in [2.45, 2.75) is 19.9 Å². The average Bonchev–Trinajstić information content (AvgIpc) is 2.89. The van der Waals surface area contributed by atoms with E-state index in [1.54, 1.807) is 13.8 Å². The number of benzene rings is 2. The van der Waals surface area contributed by atoms with Crippen LogP contribution < -0.4 is 4.90 Å². The number of hydrogen-bond acceptors (Lipinski definition) is 3. The van der Waals surface area contributed by atoms with Crippen molar-refractivity contribution in [3.05, 3.63) is 76.8 Å². The standard InChI is InChI=1S/C20H16F3NO3/c1-10(2)18(25)16-17(11-3-5-12(21)6-4-11)24(20(27)19(16)26)13-7-8-14(22)15(23)9-13/h3-10,17,26H,1-2H3. The summed E-state index contributed by atoms with van der Waals surface area (Å²) in [5.41, 5.74) is 0.153. The Bertz CT molecular complexity index is 951. The molecule has 1 aliphatic heterocycles. The molecule has 1 aliphatic rings. The molecule has 1 unspecified atom stereocenters. The van der Waals surface area contributed by atoms with E-state index in [1.807, 2.05) is 0 Å². The number of amides is 1. The van der Waals surface area contributed by atoms with Crippen molar-refractivity contribution in [2.24, 2.45) is 5.92 Å². The first kappa shape index (κ1) is 18.7. The number of Topliss-reactive ketones (excluding diaryl/α,β-unsaturated/α-hetero) is 1. The second-order valence-electron chi connectivity index (χ2n) is 6.51. The van der Waals surface area contributed by atoms with Crippen LogP contribution >= 0.6 is 0 Å². The van der Waals surface area contributed by atoms with Crippen LogP contribution in [0.15, 0.2) is 53.8 Å². The van der Waals surface area contributed by atoms with E-state index in [4.69, 9.17) is 0 Å². The summed E-state index contributed by atoms with van der Waals surface area (Å²) in [4.78, 5) is 26.3. The third kappa shape index (κ3) is 3.20. The maximum absolute atomic E-state index is 13.7. The minimum atomic E-state index is -1.18. The van der Waals surface area contributed by atoms with Gasteiger partial charge in [-0.25, -0.2) is 13.2 Å². The Morgan fingerprint density at radius 1 is 1.04 bits per heavy atom. The van der Waals surface area contributed by atoms with Gasteiger partial charge in [0.2, 0.25) is 0 Å². The van der Waals surface area contributed by atoms with Crippen LogP contribution in [0.3, 0.4) is 0 Å². The minimum Gasteiger partial charge on any atom is -0.503 e. The van der Waals surface area contributed by atoms with Gasteiger partial charge in [-0.2, -0.15) is 0 Å². The van der Waals surface area contributed by atoms with Gasteiger partial charge in [0.15, 0.2) is 23.2 Å². The van der Waals surface area contributed by atoms with E-state index in [-0.39, 0.29) is 11.3 Å². The molecule has 0 bridgehead atoms. The van der Waals surface area contributed by atoms with Crippen LogP contribution in [0.5, 0.6) is 0 Å². The second-order valence-corrected chi connectivity index (χ2v) is 6.51. The van der Waals surface area contributed by atoms with Crippen molar-refractivity contribution >= 4 is 17.4 Å². The molecule has 7 heteroatoms. The second kappa shape index (κ2) is 6.90. The summed E-state index contributed by atoms with van der Waals surface area (Å²) >= 11 is 0. The number of anilines is 1. The molecule has 0 spiro atoms. The topological polar surface area (TPSA) is 57.6 Å². The highest BCUT2D eigenvalue weighted by Gasteiger charge is 2.44. The average molecular weight is 375 g/mol.